The Hall–Kier alpha value is -2.09. The number of hydrogen-bond acceptors (Lipinski definition) is 3. The topological polar surface area (TPSA) is 71.0 Å². The molecule has 1 amide bonds. The molecular weight excluding hydrogens is 417 g/mol. The molecule has 0 aliphatic heterocycles. The van der Waals surface area contributed by atoms with E-state index < -0.39 is 0 Å². The Balaban J connectivity index is 2.08. The number of benzene rings is 1. The second kappa shape index (κ2) is 9.91. The van der Waals surface area contributed by atoms with Crippen LogP contribution in [0.1, 0.15) is 36.4 Å². The lowest BCUT2D eigenvalue weighted by atomic mass is 10.1. The van der Waals surface area contributed by atoms with Crippen LogP contribution >= 0.6 is 35.4 Å². The quantitative estimate of drug-likeness (QED) is 0.375. The highest BCUT2D eigenvalue weighted by Gasteiger charge is 2.13. The maximum atomic E-state index is 12.0. The monoisotopic (exact) mass is 439 g/mol. The van der Waals surface area contributed by atoms with E-state index in [0.717, 1.165) is 22.5 Å². The van der Waals surface area contributed by atoms with Crippen LogP contribution in [0.3, 0.4) is 0 Å². The molecule has 0 unspecified atom stereocenters. The van der Waals surface area contributed by atoms with Crippen molar-refractivity contribution in [2.24, 2.45) is 0 Å². The molecule has 6 nitrogen and oxygen atoms in total. The van der Waals surface area contributed by atoms with Crippen molar-refractivity contribution in [3.63, 3.8) is 0 Å². The molecule has 0 saturated carbocycles. The smallest absolute Gasteiger partial charge is 0.262 e. The fourth-order valence-electron chi connectivity index (χ4n) is 2.56. The van der Waals surface area contributed by atoms with Crippen LogP contribution in [-0.4, -0.2) is 26.8 Å². The van der Waals surface area contributed by atoms with Gasteiger partial charge in [0.1, 0.15) is 0 Å². The van der Waals surface area contributed by atoms with Crippen LogP contribution < -0.4 is 16.2 Å². The van der Waals surface area contributed by atoms with Crippen molar-refractivity contribution >= 4 is 52.5 Å². The fourth-order valence-corrected chi connectivity index (χ4v) is 3.36. The molecule has 0 radical (unpaired) electrons. The van der Waals surface area contributed by atoms with Crippen LogP contribution in [0.25, 0.3) is 6.08 Å². The molecule has 3 N–H and O–H groups in total. The Labute approximate surface area is 180 Å². The molecule has 0 atom stereocenters. The van der Waals surface area contributed by atoms with Gasteiger partial charge in [0.2, 0.25) is 0 Å². The van der Waals surface area contributed by atoms with E-state index in [1.54, 1.807) is 24.3 Å². The summed E-state index contributed by atoms with van der Waals surface area (Å²) in [7, 11) is 0. The number of aromatic nitrogens is 2. The van der Waals surface area contributed by atoms with Crippen LogP contribution in [0, 0.1) is 13.8 Å². The van der Waals surface area contributed by atoms with Gasteiger partial charge in [-0.15, -0.1) is 0 Å². The molecule has 1 aromatic heterocycles. The first-order valence-electron chi connectivity index (χ1n) is 8.70. The zero-order valence-electron chi connectivity index (χ0n) is 16.1. The number of amides is 1. The summed E-state index contributed by atoms with van der Waals surface area (Å²) in [5, 5.41) is 9.05. The summed E-state index contributed by atoms with van der Waals surface area (Å²) in [6, 6.07) is 5.57. The number of rotatable bonds is 5. The number of aryl methyl sites for hydroxylation is 1. The van der Waals surface area contributed by atoms with E-state index in [4.69, 9.17) is 35.4 Å². The maximum absolute atomic E-state index is 12.0. The first-order valence-corrected chi connectivity index (χ1v) is 9.87. The van der Waals surface area contributed by atoms with E-state index >= 15 is 0 Å². The van der Waals surface area contributed by atoms with E-state index in [9.17, 15) is 4.79 Å². The van der Waals surface area contributed by atoms with Gasteiger partial charge in [-0.25, -0.2) is 0 Å². The number of hydrazine groups is 1. The molecule has 1 aromatic carbocycles. The van der Waals surface area contributed by atoms with Gasteiger partial charge >= 0.3 is 0 Å². The summed E-state index contributed by atoms with van der Waals surface area (Å²) in [5.74, 6) is -0.325. The van der Waals surface area contributed by atoms with Gasteiger partial charge in [0.05, 0.1) is 12.2 Å². The number of nitrogens with zero attached hydrogens (tertiary/aromatic N) is 2. The number of thiocarbonyl (C=S) groups is 1. The van der Waals surface area contributed by atoms with Crippen LogP contribution in [0.4, 0.5) is 0 Å². The first-order chi connectivity index (χ1) is 13.2. The largest absolute Gasteiger partial charge is 0.359 e. The van der Waals surface area contributed by atoms with Crippen molar-refractivity contribution < 1.29 is 4.79 Å². The Kier molecular flexibility index (Phi) is 7.86. The van der Waals surface area contributed by atoms with Gasteiger partial charge in [-0.3, -0.25) is 20.3 Å². The predicted molar refractivity (Wildman–Crippen MR) is 118 cm³/mol. The lowest BCUT2D eigenvalue weighted by Crippen LogP contribution is -2.48. The highest BCUT2D eigenvalue weighted by atomic mass is 35.5. The van der Waals surface area contributed by atoms with Crippen LogP contribution in [0.2, 0.25) is 10.0 Å². The molecule has 150 valence electrons. The zero-order valence-corrected chi connectivity index (χ0v) is 18.5. The molecular formula is C19H23Cl2N5OS. The van der Waals surface area contributed by atoms with Crippen LogP contribution in [0.5, 0.6) is 0 Å². The van der Waals surface area contributed by atoms with Crippen molar-refractivity contribution in [2.45, 2.75) is 40.3 Å². The van der Waals surface area contributed by atoms with Gasteiger partial charge in [-0.2, -0.15) is 5.10 Å². The summed E-state index contributed by atoms with van der Waals surface area (Å²) in [6.07, 6.45) is 3.15. The molecule has 0 fully saturated rings. The first kappa shape index (κ1) is 22.2. The molecule has 1 heterocycles. The molecule has 0 spiro atoms. The highest BCUT2D eigenvalue weighted by Crippen LogP contribution is 2.26. The Bertz CT molecular complexity index is 888. The molecule has 0 bridgehead atoms. The zero-order chi connectivity index (χ0) is 20.8. The van der Waals surface area contributed by atoms with Gasteiger partial charge in [-0.1, -0.05) is 29.3 Å². The summed E-state index contributed by atoms with van der Waals surface area (Å²) in [6.45, 7) is 8.17. The number of nitrogens with one attached hydrogen (secondary N) is 3. The van der Waals surface area contributed by atoms with Gasteiger partial charge in [0.25, 0.3) is 5.91 Å². The van der Waals surface area contributed by atoms with Crippen LogP contribution in [0.15, 0.2) is 24.3 Å². The number of carbonyl (C=O) groups excluding carboxylic acids is 1. The minimum Gasteiger partial charge on any atom is -0.359 e. The Morgan fingerprint density at radius 3 is 2.50 bits per heavy atom. The molecule has 0 saturated heterocycles. The third-order valence-electron chi connectivity index (χ3n) is 3.93. The third kappa shape index (κ3) is 5.95. The standard InChI is InChI=1S/C19H23Cl2N5OS/c1-11(2)22-19(28)24-23-18(27)9-8-14-12(3)25-26(13(14)4)10-15-16(20)6-5-7-17(15)21/h5-9,11H,10H2,1-4H3,(H,23,27)(H2,22,24,28)/b9-8+. The lowest BCUT2D eigenvalue weighted by Gasteiger charge is -2.12. The van der Waals surface area contributed by atoms with E-state index in [1.165, 1.54) is 6.08 Å². The Morgan fingerprint density at radius 2 is 1.89 bits per heavy atom. The minimum atomic E-state index is -0.325. The van der Waals surface area contributed by atoms with E-state index in [2.05, 4.69) is 21.3 Å². The average Bonchev–Trinajstić information content (AvgIpc) is 2.87. The van der Waals surface area contributed by atoms with E-state index in [1.807, 2.05) is 32.4 Å². The third-order valence-corrected chi connectivity index (χ3v) is 4.86. The average molecular weight is 440 g/mol. The summed E-state index contributed by atoms with van der Waals surface area (Å²) >= 11 is 17.6. The van der Waals surface area contributed by atoms with E-state index in [-0.39, 0.29) is 11.9 Å². The maximum Gasteiger partial charge on any atom is 0.262 e. The second-order valence-electron chi connectivity index (χ2n) is 6.52. The molecule has 9 heteroatoms. The van der Waals surface area contributed by atoms with Gasteiger partial charge in [0, 0.05) is 39.0 Å². The second-order valence-corrected chi connectivity index (χ2v) is 7.74. The van der Waals surface area contributed by atoms with Crippen molar-refractivity contribution in [3.05, 3.63) is 56.8 Å². The lowest BCUT2D eigenvalue weighted by molar-refractivity contribution is -0.116. The summed E-state index contributed by atoms with van der Waals surface area (Å²) in [5.41, 5.74) is 8.54. The normalized spacial score (nSPS) is 11.1. The SMILES string of the molecule is Cc1nn(Cc2c(Cl)cccc2Cl)c(C)c1/C=C/C(=O)NNC(=S)NC(C)C. The summed E-state index contributed by atoms with van der Waals surface area (Å²) in [4.78, 5) is 12.0. The van der Waals surface area contributed by atoms with Crippen molar-refractivity contribution in [2.75, 3.05) is 0 Å². The fraction of sp³-hybridized carbons (Fsp3) is 0.316. The van der Waals surface area contributed by atoms with Gasteiger partial charge in [-0.05, 0) is 58.1 Å². The number of halogens is 2. The molecule has 28 heavy (non-hydrogen) atoms. The van der Waals surface area contributed by atoms with Crippen molar-refractivity contribution in [1.29, 1.82) is 0 Å². The number of carbonyl (C=O) groups is 1. The molecule has 0 aliphatic rings. The minimum absolute atomic E-state index is 0.176. The molecule has 0 aliphatic carbocycles. The Morgan fingerprint density at radius 1 is 1.25 bits per heavy atom. The van der Waals surface area contributed by atoms with Crippen LogP contribution in [-0.2, 0) is 11.3 Å². The number of hydrogen-bond donors (Lipinski definition) is 3. The molecule has 2 aromatic rings. The molecule has 2 rings (SSSR count). The highest BCUT2D eigenvalue weighted by molar-refractivity contribution is 7.80. The van der Waals surface area contributed by atoms with Gasteiger partial charge < -0.3 is 5.32 Å². The van der Waals surface area contributed by atoms with Crippen molar-refractivity contribution in [1.82, 2.24) is 25.9 Å². The van der Waals surface area contributed by atoms with Gasteiger partial charge in [0.15, 0.2) is 5.11 Å². The van der Waals surface area contributed by atoms with Crippen molar-refractivity contribution in [3.8, 4) is 0 Å². The summed E-state index contributed by atoms with van der Waals surface area (Å²) < 4.78 is 1.82. The predicted octanol–water partition coefficient (Wildman–Crippen LogP) is 3.77. The van der Waals surface area contributed by atoms with E-state index in [0.29, 0.717) is 21.7 Å².